The minimum atomic E-state index is -3.23. The summed E-state index contributed by atoms with van der Waals surface area (Å²) in [5, 5.41) is 8.08. The first kappa shape index (κ1) is 21.6. The monoisotopic (exact) mass is 475 g/mol. The maximum absolute atomic E-state index is 15.2. The molecule has 35 heavy (non-hydrogen) atoms. The number of halogens is 2. The lowest BCUT2D eigenvalue weighted by atomic mass is 9.95. The smallest absolute Gasteiger partial charge is 0.291 e. The standard InChI is InChI=1S/C25H23F2N7O/c1-15(2)34-14-29-31-23(34)20-4-3-5-22(30-20)33-12-25(26,27)19-9-8-17(10-18(19)24(33)35)32-11-21(28-13-32)16-6-7-16/h3-5,8-11,13-16H,6-7,12H2,1-2H3. The van der Waals surface area contributed by atoms with Gasteiger partial charge in [-0.15, -0.1) is 10.2 Å². The molecule has 3 aromatic heterocycles. The molecule has 0 saturated heterocycles. The molecular weight excluding hydrogens is 452 g/mol. The van der Waals surface area contributed by atoms with Gasteiger partial charge in [-0.3, -0.25) is 9.69 Å². The second-order valence-electron chi connectivity index (χ2n) is 9.34. The number of hydrogen-bond acceptors (Lipinski definition) is 5. The molecular formula is C25H23F2N7O. The van der Waals surface area contributed by atoms with E-state index in [4.69, 9.17) is 0 Å². The van der Waals surface area contributed by atoms with Gasteiger partial charge in [0.25, 0.3) is 11.8 Å². The summed E-state index contributed by atoms with van der Waals surface area (Å²) < 4.78 is 34.1. The summed E-state index contributed by atoms with van der Waals surface area (Å²) in [4.78, 5) is 23.5. The number of amides is 1. The van der Waals surface area contributed by atoms with Crippen LogP contribution in [-0.4, -0.2) is 41.8 Å². The molecule has 1 aromatic carbocycles. The molecule has 0 radical (unpaired) electrons. The quantitative estimate of drug-likeness (QED) is 0.417. The van der Waals surface area contributed by atoms with Crippen molar-refractivity contribution >= 4 is 11.7 Å². The average Bonchev–Trinajstić information content (AvgIpc) is 3.37. The van der Waals surface area contributed by atoms with E-state index in [1.54, 1.807) is 41.5 Å². The van der Waals surface area contributed by atoms with Crippen LogP contribution in [0.4, 0.5) is 14.6 Å². The number of rotatable bonds is 5. The summed E-state index contributed by atoms with van der Waals surface area (Å²) in [6.45, 7) is 3.17. The van der Waals surface area contributed by atoms with Gasteiger partial charge in [0.2, 0.25) is 0 Å². The average molecular weight is 476 g/mol. The predicted octanol–water partition coefficient (Wildman–Crippen LogP) is 4.74. The first-order valence-electron chi connectivity index (χ1n) is 11.6. The second kappa shape index (κ2) is 7.79. The number of carbonyl (C=O) groups is 1. The van der Waals surface area contributed by atoms with Crippen molar-refractivity contribution in [2.24, 2.45) is 0 Å². The van der Waals surface area contributed by atoms with Gasteiger partial charge in [-0.05, 0) is 51.0 Å². The highest BCUT2D eigenvalue weighted by Gasteiger charge is 2.45. The van der Waals surface area contributed by atoms with E-state index in [-0.39, 0.29) is 23.0 Å². The summed E-state index contributed by atoms with van der Waals surface area (Å²) in [6.07, 6.45) is 7.38. The molecule has 6 rings (SSSR count). The lowest BCUT2D eigenvalue weighted by Crippen LogP contribution is -2.46. The number of nitrogens with zero attached hydrogens (tertiary/aromatic N) is 7. The van der Waals surface area contributed by atoms with Gasteiger partial charge in [0, 0.05) is 29.4 Å². The summed E-state index contributed by atoms with van der Waals surface area (Å²) in [6, 6.07) is 9.49. The van der Waals surface area contributed by atoms with Crippen molar-refractivity contribution in [1.29, 1.82) is 0 Å². The Morgan fingerprint density at radius 2 is 1.94 bits per heavy atom. The number of pyridine rings is 1. The van der Waals surface area contributed by atoms with E-state index in [0.29, 0.717) is 23.1 Å². The van der Waals surface area contributed by atoms with Crippen molar-refractivity contribution in [2.45, 2.75) is 44.6 Å². The topological polar surface area (TPSA) is 81.7 Å². The van der Waals surface area contributed by atoms with E-state index in [1.807, 2.05) is 24.6 Å². The van der Waals surface area contributed by atoms with Crippen LogP contribution in [0.2, 0.25) is 0 Å². The van der Waals surface area contributed by atoms with Crippen LogP contribution in [-0.2, 0) is 5.92 Å². The highest BCUT2D eigenvalue weighted by atomic mass is 19.3. The van der Waals surface area contributed by atoms with Crippen LogP contribution in [0.5, 0.6) is 0 Å². The zero-order valence-electron chi connectivity index (χ0n) is 19.3. The maximum atomic E-state index is 15.2. The first-order valence-corrected chi connectivity index (χ1v) is 11.6. The third-order valence-electron chi connectivity index (χ3n) is 6.50. The second-order valence-corrected chi connectivity index (χ2v) is 9.34. The molecule has 4 aromatic rings. The van der Waals surface area contributed by atoms with Gasteiger partial charge in [-0.25, -0.2) is 9.97 Å². The number of fused-ring (bicyclic) bond motifs is 1. The fourth-order valence-corrected chi connectivity index (χ4v) is 4.45. The van der Waals surface area contributed by atoms with E-state index in [0.717, 1.165) is 23.4 Å². The van der Waals surface area contributed by atoms with Gasteiger partial charge in [-0.1, -0.05) is 12.1 Å². The Bertz CT molecular complexity index is 1440. The summed E-state index contributed by atoms with van der Waals surface area (Å²) >= 11 is 0. The number of carbonyl (C=O) groups excluding carboxylic acids is 1. The van der Waals surface area contributed by atoms with Crippen molar-refractivity contribution in [2.75, 3.05) is 11.4 Å². The molecule has 0 unspecified atom stereocenters. The molecule has 1 aliphatic heterocycles. The van der Waals surface area contributed by atoms with Crippen molar-refractivity contribution in [3.05, 3.63) is 72.1 Å². The van der Waals surface area contributed by atoms with Crippen molar-refractivity contribution in [3.8, 4) is 17.2 Å². The van der Waals surface area contributed by atoms with Crippen LogP contribution in [0.25, 0.3) is 17.2 Å². The maximum Gasteiger partial charge on any atom is 0.291 e. The predicted molar refractivity (Wildman–Crippen MR) is 125 cm³/mol. The Hall–Kier alpha value is -3.95. The molecule has 8 nitrogen and oxygen atoms in total. The number of alkyl halides is 2. The Kier molecular flexibility index (Phi) is 4.80. The summed E-state index contributed by atoms with van der Waals surface area (Å²) in [5.74, 6) is -2.64. The summed E-state index contributed by atoms with van der Waals surface area (Å²) in [5.41, 5.74) is 1.73. The molecule has 1 aliphatic carbocycles. The fraction of sp³-hybridized carbons (Fsp3) is 0.320. The number of imidazole rings is 1. The van der Waals surface area contributed by atoms with E-state index in [1.165, 1.54) is 12.1 Å². The van der Waals surface area contributed by atoms with Crippen LogP contribution in [0, 0.1) is 0 Å². The van der Waals surface area contributed by atoms with Crippen LogP contribution >= 0.6 is 0 Å². The Morgan fingerprint density at radius 1 is 1.11 bits per heavy atom. The normalized spacial score (nSPS) is 17.2. The molecule has 10 heteroatoms. The molecule has 1 saturated carbocycles. The lowest BCUT2D eigenvalue weighted by molar-refractivity contribution is -0.00131. The fourth-order valence-electron chi connectivity index (χ4n) is 4.45. The van der Waals surface area contributed by atoms with Crippen LogP contribution in [0.3, 0.4) is 0 Å². The van der Waals surface area contributed by atoms with Gasteiger partial charge in [0.05, 0.1) is 24.1 Å². The van der Waals surface area contributed by atoms with Gasteiger partial charge in [-0.2, -0.15) is 8.78 Å². The molecule has 0 atom stereocenters. The molecule has 1 amide bonds. The molecule has 2 aliphatic rings. The molecule has 4 heterocycles. The van der Waals surface area contributed by atoms with Crippen LogP contribution in [0.1, 0.15) is 60.3 Å². The van der Waals surface area contributed by atoms with E-state index >= 15 is 8.78 Å². The number of hydrogen-bond donors (Lipinski definition) is 0. The van der Waals surface area contributed by atoms with Crippen molar-refractivity contribution in [3.63, 3.8) is 0 Å². The highest BCUT2D eigenvalue weighted by molar-refractivity contribution is 6.08. The van der Waals surface area contributed by atoms with Gasteiger partial charge in [0.1, 0.15) is 17.8 Å². The largest absolute Gasteiger partial charge is 0.310 e. The minimum absolute atomic E-state index is 0.0435. The number of aromatic nitrogens is 6. The van der Waals surface area contributed by atoms with Gasteiger partial charge < -0.3 is 9.13 Å². The highest BCUT2D eigenvalue weighted by Crippen LogP contribution is 2.41. The number of benzene rings is 1. The lowest BCUT2D eigenvalue weighted by Gasteiger charge is -2.33. The number of anilines is 1. The third-order valence-corrected chi connectivity index (χ3v) is 6.50. The molecule has 0 N–H and O–H groups in total. The van der Waals surface area contributed by atoms with Crippen LogP contribution in [0.15, 0.2) is 55.2 Å². The van der Waals surface area contributed by atoms with Gasteiger partial charge in [0.15, 0.2) is 5.82 Å². The SMILES string of the molecule is CC(C)n1cnnc1-c1cccc(N2CC(F)(F)c3ccc(-n4cnc(C5CC5)c4)cc3C2=O)n1. The minimum Gasteiger partial charge on any atom is -0.310 e. The molecule has 0 spiro atoms. The third kappa shape index (κ3) is 3.69. The van der Waals surface area contributed by atoms with Crippen LogP contribution < -0.4 is 4.90 Å². The van der Waals surface area contributed by atoms with E-state index in [2.05, 4.69) is 20.2 Å². The molecule has 178 valence electrons. The van der Waals surface area contributed by atoms with Crippen molar-refractivity contribution < 1.29 is 13.6 Å². The van der Waals surface area contributed by atoms with Gasteiger partial charge >= 0.3 is 0 Å². The Morgan fingerprint density at radius 3 is 2.71 bits per heavy atom. The van der Waals surface area contributed by atoms with Crippen molar-refractivity contribution in [1.82, 2.24) is 29.3 Å². The zero-order valence-corrected chi connectivity index (χ0v) is 19.3. The molecule has 1 fully saturated rings. The summed E-state index contributed by atoms with van der Waals surface area (Å²) in [7, 11) is 0. The Labute approximate surface area is 200 Å². The van der Waals surface area contributed by atoms with E-state index < -0.39 is 18.4 Å². The zero-order chi connectivity index (χ0) is 24.3. The molecule has 0 bridgehead atoms. The van der Waals surface area contributed by atoms with E-state index in [9.17, 15) is 4.79 Å². The first-order chi connectivity index (χ1) is 16.8. The Balaban J connectivity index is 1.38.